The van der Waals surface area contributed by atoms with Crippen LogP contribution in [0.3, 0.4) is 0 Å². The van der Waals surface area contributed by atoms with Gasteiger partial charge in [-0.1, -0.05) is 47.5 Å². The predicted molar refractivity (Wildman–Crippen MR) is 132 cm³/mol. The summed E-state index contributed by atoms with van der Waals surface area (Å²) in [5.74, 6) is -1.59. The molecule has 12 heteroatoms. The summed E-state index contributed by atoms with van der Waals surface area (Å²) in [5.41, 5.74) is 1.46. The number of carbonyl (C=O) groups is 1. The number of aryl methyl sites for hydroxylation is 1. The van der Waals surface area contributed by atoms with Crippen molar-refractivity contribution in [3.63, 3.8) is 0 Å². The third-order valence-corrected chi connectivity index (χ3v) is 8.07. The molecule has 0 saturated heterocycles. The first-order chi connectivity index (χ1) is 16.7. The van der Waals surface area contributed by atoms with Gasteiger partial charge in [-0.25, -0.2) is 4.79 Å². The van der Waals surface area contributed by atoms with Crippen LogP contribution >= 0.6 is 31.0 Å². The van der Waals surface area contributed by atoms with Crippen LogP contribution < -0.4 is 9.47 Å². The molecule has 35 heavy (non-hydrogen) atoms. The van der Waals surface area contributed by atoms with Gasteiger partial charge in [-0.15, -0.1) is 0 Å². The predicted octanol–water partition coefficient (Wildman–Crippen LogP) is 5.95. The number of halogens is 1. The van der Waals surface area contributed by atoms with Crippen LogP contribution in [0.1, 0.15) is 27.3 Å². The smallest absolute Gasteiger partial charge is 0.375 e. The zero-order valence-corrected chi connectivity index (χ0v) is 22.1. The van der Waals surface area contributed by atoms with Crippen LogP contribution in [0.4, 0.5) is 0 Å². The van der Waals surface area contributed by atoms with E-state index in [1.165, 1.54) is 34.5 Å². The lowest BCUT2D eigenvalue weighted by Gasteiger charge is -2.25. The summed E-state index contributed by atoms with van der Waals surface area (Å²) in [4.78, 5) is 22.4. The van der Waals surface area contributed by atoms with Crippen molar-refractivity contribution >= 4 is 36.9 Å². The molecule has 0 spiro atoms. The second-order valence-electron chi connectivity index (χ2n) is 7.02. The number of ether oxygens (including phenoxy) is 3. The SMILES string of the molecule is COc1cc(OC)nc(Sc2cccc(Cl)c2C(=O)OC(c2ccc(C)cc2)P(=O)(OC)OC)n1. The van der Waals surface area contributed by atoms with Gasteiger partial charge in [0.25, 0.3) is 0 Å². The summed E-state index contributed by atoms with van der Waals surface area (Å²) in [5, 5.41) is 0.384. The van der Waals surface area contributed by atoms with Gasteiger partial charge < -0.3 is 23.3 Å². The van der Waals surface area contributed by atoms with E-state index >= 15 is 0 Å². The zero-order valence-electron chi connectivity index (χ0n) is 19.7. The molecule has 3 rings (SSSR count). The summed E-state index contributed by atoms with van der Waals surface area (Å²) in [6.45, 7) is 1.90. The van der Waals surface area contributed by atoms with E-state index in [0.717, 1.165) is 17.3 Å². The Morgan fingerprint density at radius 3 is 2.11 bits per heavy atom. The van der Waals surface area contributed by atoms with Crippen LogP contribution in [0.5, 0.6) is 11.8 Å². The molecule has 0 amide bonds. The van der Waals surface area contributed by atoms with Crippen molar-refractivity contribution in [1.29, 1.82) is 0 Å². The number of aromatic nitrogens is 2. The zero-order chi connectivity index (χ0) is 25.6. The molecule has 0 N–H and O–H groups in total. The first-order valence-electron chi connectivity index (χ1n) is 10.2. The Bertz CT molecular complexity index is 1210. The lowest BCUT2D eigenvalue weighted by molar-refractivity contribution is 0.0378. The normalized spacial score (nSPS) is 12.2. The third kappa shape index (κ3) is 6.34. The van der Waals surface area contributed by atoms with E-state index in [1.807, 2.05) is 6.92 Å². The van der Waals surface area contributed by atoms with Crippen molar-refractivity contribution in [3.8, 4) is 11.8 Å². The monoisotopic (exact) mass is 538 g/mol. The molecule has 0 radical (unpaired) electrons. The molecule has 1 atom stereocenters. The Morgan fingerprint density at radius 1 is 0.971 bits per heavy atom. The standard InChI is InChI=1S/C23H24ClN2O7PS/c1-14-9-11-15(12-10-14)22(34(28,31-4)32-5)33-21(27)20-16(24)7-6-8-17(20)35-23-25-18(29-2)13-19(26-23)30-3/h6-13,22H,1-5H3. The molecule has 1 unspecified atom stereocenters. The topological polar surface area (TPSA) is 106 Å². The van der Waals surface area contributed by atoms with Crippen LogP contribution in [0.15, 0.2) is 58.6 Å². The Morgan fingerprint density at radius 2 is 1.57 bits per heavy atom. The molecule has 186 valence electrons. The van der Waals surface area contributed by atoms with Crippen molar-refractivity contribution in [3.05, 3.63) is 70.2 Å². The van der Waals surface area contributed by atoms with E-state index < -0.39 is 19.4 Å². The van der Waals surface area contributed by atoms with E-state index in [4.69, 9.17) is 34.9 Å². The minimum Gasteiger partial charge on any atom is -0.481 e. The Hall–Kier alpha value is -2.62. The van der Waals surface area contributed by atoms with Gasteiger partial charge >= 0.3 is 13.6 Å². The molecular weight excluding hydrogens is 515 g/mol. The summed E-state index contributed by atoms with van der Waals surface area (Å²) < 4.78 is 39.7. The van der Waals surface area contributed by atoms with Crippen molar-refractivity contribution in [2.45, 2.75) is 22.8 Å². The molecule has 9 nitrogen and oxygen atoms in total. The summed E-state index contributed by atoms with van der Waals surface area (Å²) in [7, 11) is 1.51. The first-order valence-corrected chi connectivity index (χ1v) is 13.0. The second kappa shape index (κ2) is 11.9. The molecule has 0 aliphatic carbocycles. The Labute approximate surface area is 212 Å². The highest BCUT2D eigenvalue weighted by molar-refractivity contribution is 7.99. The number of hydrogen-bond acceptors (Lipinski definition) is 10. The van der Waals surface area contributed by atoms with Gasteiger partial charge in [-0.05, 0) is 30.8 Å². The number of benzene rings is 2. The van der Waals surface area contributed by atoms with Gasteiger partial charge in [0.2, 0.25) is 17.6 Å². The summed E-state index contributed by atoms with van der Waals surface area (Å²) in [6, 6.07) is 13.4. The summed E-state index contributed by atoms with van der Waals surface area (Å²) in [6.07, 6.45) is 0. The highest BCUT2D eigenvalue weighted by atomic mass is 35.5. The molecule has 3 aromatic rings. The fourth-order valence-corrected chi connectivity index (χ4v) is 5.51. The first kappa shape index (κ1) is 27.0. The van der Waals surface area contributed by atoms with Crippen molar-refractivity contribution in [2.75, 3.05) is 28.4 Å². The number of rotatable bonds is 10. The summed E-state index contributed by atoms with van der Waals surface area (Å²) >= 11 is 7.46. The van der Waals surface area contributed by atoms with E-state index in [2.05, 4.69) is 9.97 Å². The lowest BCUT2D eigenvalue weighted by Crippen LogP contribution is -2.15. The lowest BCUT2D eigenvalue weighted by atomic mass is 10.1. The quantitative estimate of drug-likeness (QED) is 0.175. The van der Waals surface area contributed by atoms with Crippen LogP contribution in [0, 0.1) is 6.92 Å². The highest BCUT2D eigenvalue weighted by Gasteiger charge is 2.40. The van der Waals surface area contributed by atoms with Gasteiger partial charge in [-0.2, -0.15) is 9.97 Å². The highest BCUT2D eigenvalue weighted by Crippen LogP contribution is 2.60. The minimum absolute atomic E-state index is 0.0421. The van der Waals surface area contributed by atoms with Crippen molar-refractivity contribution in [2.24, 2.45) is 0 Å². The average Bonchev–Trinajstić information content (AvgIpc) is 2.87. The van der Waals surface area contributed by atoms with E-state index in [-0.39, 0.29) is 27.5 Å². The number of hydrogen-bond donors (Lipinski definition) is 0. The molecule has 0 saturated carbocycles. The van der Waals surface area contributed by atoms with Gasteiger partial charge in [0.15, 0.2) is 5.16 Å². The average molecular weight is 539 g/mol. The van der Waals surface area contributed by atoms with Gasteiger partial charge in [-0.3, -0.25) is 4.57 Å². The number of nitrogens with zero attached hydrogens (tertiary/aromatic N) is 2. The van der Waals surface area contributed by atoms with E-state index in [1.54, 1.807) is 42.5 Å². The minimum atomic E-state index is -3.87. The number of esters is 1. The molecule has 0 fully saturated rings. The van der Waals surface area contributed by atoms with Gasteiger partial charge in [0, 0.05) is 24.7 Å². The Balaban J connectivity index is 2.01. The van der Waals surface area contributed by atoms with E-state index in [9.17, 15) is 9.36 Å². The molecule has 0 bridgehead atoms. The fraction of sp³-hybridized carbons (Fsp3) is 0.261. The molecule has 1 aromatic heterocycles. The largest absolute Gasteiger partial charge is 0.481 e. The molecule has 0 aliphatic heterocycles. The van der Waals surface area contributed by atoms with Crippen LogP contribution in [0.2, 0.25) is 5.02 Å². The van der Waals surface area contributed by atoms with Crippen molar-refractivity contribution in [1.82, 2.24) is 9.97 Å². The molecule has 0 aliphatic rings. The van der Waals surface area contributed by atoms with Crippen LogP contribution in [-0.4, -0.2) is 44.4 Å². The van der Waals surface area contributed by atoms with Crippen molar-refractivity contribution < 1.29 is 32.6 Å². The molecular formula is C23H24ClN2O7PS. The number of methoxy groups -OCH3 is 2. The third-order valence-electron chi connectivity index (χ3n) is 4.83. The van der Waals surface area contributed by atoms with Gasteiger partial charge in [0.1, 0.15) is 0 Å². The van der Waals surface area contributed by atoms with Gasteiger partial charge in [0.05, 0.1) is 30.9 Å². The van der Waals surface area contributed by atoms with Crippen LogP contribution in [0.25, 0.3) is 0 Å². The maximum atomic E-state index is 13.4. The van der Waals surface area contributed by atoms with Crippen LogP contribution in [-0.2, 0) is 18.3 Å². The Kier molecular flexibility index (Phi) is 9.15. The second-order valence-corrected chi connectivity index (χ2v) is 10.7. The molecule has 2 aromatic carbocycles. The maximum Gasteiger partial charge on any atom is 0.375 e. The van der Waals surface area contributed by atoms with E-state index in [0.29, 0.717) is 10.5 Å². The fourth-order valence-electron chi connectivity index (χ4n) is 3.00. The molecule has 1 heterocycles. The number of carbonyl (C=O) groups excluding carboxylic acids is 1. The maximum absolute atomic E-state index is 13.4.